The highest BCUT2D eigenvalue weighted by molar-refractivity contribution is 5.87. The quantitative estimate of drug-likeness (QED) is 0.663. The summed E-state index contributed by atoms with van der Waals surface area (Å²) in [6.45, 7) is 2.33. The molecule has 1 fully saturated rings. The van der Waals surface area contributed by atoms with Crippen molar-refractivity contribution in [1.82, 2.24) is 15.5 Å². The molecule has 1 aliphatic heterocycles. The Bertz CT molecular complexity index is 359. The molecule has 0 aromatic carbocycles. The number of aliphatic carboxylic acids is 1. The van der Waals surface area contributed by atoms with E-state index in [4.69, 9.17) is 5.11 Å². The van der Waals surface area contributed by atoms with E-state index in [2.05, 4.69) is 10.6 Å². The first kappa shape index (κ1) is 15.3. The Morgan fingerprint density at radius 2 is 2.11 bits per heavy atom. The largest absolute Gasteiger partial charge is 0.481 e. The van der Waals surface area contributed by atoms with Crippen LogP contribution in [0.1, 0.15) is 32.6 Å². The highest BCUT2D eigenvalue weighted by atomic mass is 16.4. The summed E-state index contributed by atoms with van der Waals surface area (Å²) >= 11 is 0. The number of hydrogen-bond acceptors (Lipinski definition) is 3. The van der Waals surface area contributed by atoms with Crippen molar-refractivity contribution in [2.24, 2.45) is 0 Å². The number of amides is 3. The summed E-state index contributed by atoms with van der Waals surface area (Å²) in [7, 11) is 1.54. The smallest absolute Gasteiger partial charge is 0.318 e. The van der Waals surface area contributed by atoms with E-state index in [-0.39, 0.29) is 18.4 Å². The molecular formula is C12H21N3O4. The number of rotatable bonds is 5. The molecule has 0 aromatic heterocycles. The normalized spacial score (nSPS) is 19.9. The number of hydrogen-bond donors (Lipinski definition) is 3. The van der Waals surface area contributed by atoms with Crippen LogP contribution in [0.2, 0.25) is 0 Å². The molecule has 0 saturated carbocycles. The van der Waals surface area contributed by atoms with Crippen LogP contribution in [0, 0.1) is 0 Å². The van der Waals surface area contributed by atoms with Gasteiger partial charge in [-0.15, -0.1) is 0 Å². The number of nitrogens with one attached hydrogen (secondary N) is 2. The zero-order valence-corrected chi connectivity index (χ0v) is 11.3. The second-order valence-electron chi connectivity index (χ2n) is 4.62. The van der Waals surface area contributed by atoms with Gasteiger partial charge in [-0.3, -0.25) is 9.59 Å². The highest BCUT2D eigenvalue weighted by Crippen LogP contribution is 2.17. The predicted molar refractivity (Wildman–Crippen MR) is 68.7 cm³/mol. The zero-order valence-electron chi connectivity index (χ0n) is 11.3. The number of carbonyl (C=O) groups excluding carboxylic acids is 2. The molecule has 7 nitrogen and oxygen atoms in total. The van der Waals surface area contributed by atoms with Gasteiger partial charge < -0.3 is 20.6 Å². The molecular weight excluding hydrogens is 250 g/mol. The van der Waals surface area contributed by atoms with Gasteiger partial charge in [-0.2, -0.15) is 0 Å². The molecule has 0 spiro atoms. The van der Waals surface area contributed by atoms with Crippen molar-refractivity contribution in [3.8, 4) is 0 Å². The van der Waals surface area contributed by atoms with E-state index in [1.54, 1.807) is 0 Å². The Labute approximate surface area is 112 Å². The molecule has 1 saturated heterocycles. The molecule has 3 amide bonds. The molecule has 0 aliphatic carbocycles. The minimum atomic E-state index is -0.948. The van der Waals surface area contributed by atoms with Gasteiger partial charge in [-0.25, -0.2) is 4.79 Å². The van der Waals surface area contributed by atoms with Crippen molar-refractivity contribution in [1.29, 1.82) is 0 Å². The summed E-state index contributed by atoms with van der Waals surface area (Å²) in [6, 6.07) is -1.22. The minimum Gasteiger partial charge on any atom is -0.481 e. The van der Waals surface area contributed by atoms with Crippen LogP contribution in [-0.4, -0.2) is 53.6 Å². The summed E-state index contributed by atoms with van der Waals surface area (Å²) in [4.78, 5) is 35.8. The van der Waals surface area contributed by atoms with Crippen molar-refractivity contribution in [3.63, 3.8) is 0 Å². The average molecular weight is 271 g/mol. The number of carboxylic acid groups (broad SMARTS) is 1. The number of carboxylic acids is 1. The molecule has 1 rings (SSSR count). The molecule has 0 bridgehead atoms. The molecule has 108 valence electrons. The lowest BCUT2D eigenvalue weighted by Crippen LogP contribution is -2.51. The Morgan fingerprint density at radius 3 is 2.63 bits per heavy atom. The van der Waals surface area contributed by atoms with Gasteiger partial charge in [0.1, 0.15) is 6.04 Å². The number of likely N-dealkylation sites (tertiary alicyclic amines) is 1. The Kier molecular flexibility index (Phi) is 5.59. The molecule has 2 atom stereocenters. The van der Waals surface area contributed by atoms with Crippen molar-refractivity contribution in [3.05, 3.63) is 0 Å². The second kappa shape index (κ2) is 6.96. The Morgan fingerprint density at radius 1 is 1.42 bits per heavy atom. The third-order valence-electron chi connectivity index (χ3n) is 3.30. The fourth-order valence-electron chi connectivity index (χ4n) is 2.21. The maximum atomic E-state index is 12.1. The first-order valence-electron chi connectivity index (χ1n) is 6.50. The fourth-order valence-corrected chi connectivity index (χ4v) is 2.21. The summed E-state index contributed by atoms with van der Waals surface area (Å²) in [5.74, 6) is -1.13. The lowest BCUT2D eigenvalue weighted by molar-refractivity contribution is -0.137. The Balaban J connectivity index is 2.60. The van der Waals surface area contributed by atoms with Crippen molar-refractivity contribution >= 4 is 17.9 Å². The van der Waals surface area contributed by atoms with Crippen LogP contribution in [0.4, 0.5) is 4.79 Å². The number of urea groups is 1. The monoisotopic (exact) mass is 271 g/mol. The second-order valence-corrected chi connectivity index (χ2v) is 4.62. The lowest BCUT2D eigenvalue weighted by atomic mass is 10.1. The zero-order chi connectivity index (χ0) is 14.4. The van der Waals surface area contributed by atoms with Gasteiger partial charge in [0.2, 0.25) is 5.91 Å². The number of likely N-dealkylation sites (N-methyl/N-ethyl adjacent to an activating group) is 1. The van der Waals surface area contributed by atoms with Crippen LogP contribution in [0.25, 0.3) is 0 Å². The predicted octanol–water partition coefficient (Wildman–Crippen LogP) is 0.160. The molecule has 0 aromatic rings. The van der Waals surface area contributed by atoms with Gasteiger partial charge >= 0.3 is 12.0 Å². The first-order valence-corrected chi connectivity index (χ1v) is 6.50. The van der Waals surface area contributed by atoms with Gasteiger partial charge in [0.05, 0.1) is 6.42 Å². The highest BCUT2D eigenvalue weighted by Gasteiger charge is 2.34. The summed E-state index contributed by atoms with van der Waals surface area (Å²) in [6.07, 6.45) is 1.85. The standard InChI is InChI=1S/C12H21N3O4/c1-3-8(7-10(16)17)14-12(19)15-6-4-5-9(15)11(18)13-2/h8-9H,3-7H2,1-2H3,(H,13,18)(H,14,19)(H,16,17). The van der Waals surface area contributed by atoms with E-state index in [1.165, 1.54) is 11.9 Å². The van der Waals surface area contributed by atoms with Gasteiger partial charge in [-0.05, 0) is 19.3 Å². The van der Waals surface area contributed by atoms with Crippen LogP contribution >= 0.6 is 0 Å². The summed E-state index contributed by atoms with van der Waals surface area (Å²) in [5, 5.41) is 14.0. The molecule has 2 unspecified atom stereocenters. The van der Waals surface area contributed by atoms with Gasteiger partial charge in [0.15, 0.2) is 0 Å². The molecule has 1 heterocycles. The molecule has 3 N–H and O–H groups in total. The number of carbonyl (C=O) groups is 3. The summed E-state index contributed by atoms with van der Waals surface area (Å²) < 4.78 is 0. The maximum Gasteiger partial charge on any atom is 0.318 e. The van der Waals surface area contributed by atoms with E-state index < -0.39 is 18.1 Å². The van der Waals surface area contributed by atoms with Crippen LogP contribution in [0.5, 0.6) is 0 Å². The van der Waals surface area contributed by atoms with E-state index in [9.17, 15) is 14.4 Å². The Hall–Kier alpha value is -1.79. The average Bonchev–Trinajstić information content (AvgIpc) is 2.85. The minimum absolute atomic E-state index is 0.110. The van der Waals surface area contributed by atoms with Gasteiger partial charge in [0, 0.05) is 19.6 Å². The lowest BCUT2D eigenvalue weighted by Gasteiger charge is -2.26. The van der Waals surface area contributed by atoms with E-state index in [0.717, 1.165) is 6.42 Å². The van der Waals surface area contributed by atoms with Crippen LogP contribution in [-0.2, 0) is 9.59 Å². The van der Waals surface area contributed by atoms with Crippen LogP contribution in [0.3, 0.4) is 0 Å². The topological polar surface area (TPSA) is 98.7 Å². The molecule has 7 heteroatoms. The fraction of sp³-hybridized carbons (Fsp3) is 0.750. The van der Waals surface area contributed by atoms with Crippen molar-refractivity contribution in [2.75, 3.05) is 13.6 Å². The van der Waals surface area contributed by atoms with Gasteiger partial charge in [0.25, 0.3) is 0 Å². The van der Waals surface area contributed by atoms with E-state index >= 15 is 0 Å². The molecule has 1 aliphatic rings. The van der Waals surface area contributed by atoms with Crippen molar-refractivity contribution in [2.45, 2.75) is 44.7 Å². The third kappa shape index (κ3) is 4.11. The molecule has 0 radical (unpaired) electrons. The first-order chi connectivity index (χ1) is 8.99. The van der Waals surface area contributed by atoms with Crippen LogP contribution in [0.15, 0.2) is 0 Å². The maximum absolute atomic E-state index is 12.1. The molecule has 19 heavy (non-hydrogen) atoms. The van der Waals surface area contributed by atoms with Gasteiger partial charge in [-0.1, -0.05) is 6.92 Å². The van der Waals surface area contributed by atoms with Crippen molar-refractivity contribution < 1.29 is 19.5 Å². The van der Waals surface area contributed by atoms with E-state index in [0.29, 0.717) is 19.4 Å². The SMILES string of the molecule is CCC(CC(=O)O)NC(=O)N1CCCC1C(=O)NC. The summed E-state index contributed by atoms with van der Waals surface area (Å²) in [5.41, 5.74) is 0. The van der Waals surface area contributed by atoms with Crippen LogP contribution < -0.4 is 10.6 Å². The third-order valence-corrected chi connectivity index (χ3v) is 3.30. The van der Waals surface area contributed by atoms with E-state index in [1.807, 2.05) is 6.92 Å². The number of nitrogens with zero attached hydrogens (tertiary/aromatic N) is 1.